The first-order valence-corrected chi connectivity index (χ1v) is 10.9. The fraction of sp³-hybridized carbons (Fsp3) is 0.0435. The van der Waals surface area contributed by atoms with Crippen molar-refractivity contribution >= 4 is 51.4 Å². The van der Waals surface area contributed by atoms with Crippen molar-refractivity contribution in [1.82, 2.24) is 19.4 Å². The SMILES string of the molecule is O=c1cc(CSc2nc(Nc3ccccc3Cl)c3ccccc3n2)nc2ccccn12. The van der Waals surface area contributed by atoms with Crippen LogP contribution >= 0.6 is 23.4 Å². The maximum absolute atomic E-state index is 12.3. The molecule has 5 aromatic rings. The number of nitrogens with one attached hydrogen (secondary N) is 1. The fourth-order valence-electron chi connectivity index (χ4n) is 3.22. The van der Waals surface area contributed by atoms with Gasteiger partial charge in [-0.15, -0.1) is 0 Å². The van der Waals surface area contributed by atoms with Gasteiger partial charge in [0.25, 0.3) is 5.56 Å². The van der Waals surface area contributed by atoms with E-state index in [-0.39, 0.29) is 5.56 Å². The third-order valence-electron chi connectivity index (χ3n) is 4.68. The molecule has 152 valence electrons. The topological polar surface area (TPSA) is 72.2 Å². The zero-order valence-corrected chi connectivity index (χ0v) is 17.8. The highest BCUT2D eigenvalue weighted by molar-refractivity contribution is 7.98. The third-order valence-corrected chi connectivity index (χ3v) is 5.89. The first kappa shape index (κ1) is 19.5. The standard InChI is InChI=1S/C23H16ClN5OS/c24-17-8-2-4-10-19(17)26-22-16-7-1-3-9-18(16)27-23(28-22)31-14-15-13-21(30)29-12-6-5-11-20(29)25-15/h1-13H,14H2,(H,26,27,28). The second kappa shape index (κ2) is 8.37. The molecule has 0 saturated heterocycles. The van der Waals surface area contributed by atoms with Crippen molar-refractivity contribution in [1.29, 1.82) is 0 Å². The lowest BCUT2D eigenvalue weighted by atomic mass is 10.2. The van der Waals surface area contributed by atoms with E-state index in [1.54, 1.807) is 18.3 Å². The van der Waals surface area contributed by atoms with Gasteiger partial charge in [-0.1, -0.05) is 53.7 Å². The van der Waals surface area contributed by atoms with Gasteiger partial charge >= 0.3 is 0 Å². The number of hydrogen-bond acceptors (Lipinski definition) is 6. The molecule has 0 bridgehead atoms. The molecule has 3 heterocycles. The first-order chi connectivity index (χ1) is 15.2. The molecule has 2 aromatic carbocycles. The van der Waals surface area contributed by atoms with Gasteiger partial charge in [0.2, 0.25) is 0 Å². The van der Waals surface area contributed by atoms with Crippen LogP contribution in [0.5, 0.6) is 0 Å². The van der Waals surface area contributed by atoms with Crippen molar-refractivity contribution in [2.45, 2.75) is 10.9 Å². The van der Waals surface area contributed by atoms with E-state index in [1.807, 2.05) is 60.7 Å². The Morgan fingerprint density at radius 3 is 2.65 bits per heavy atom. The molecule has 1 N–H and O–H groups in total. The highest BCUT2D eigenvalue weighted by Gasteiger charge is 2.11. The summed E-state index contributed by atoms with van der Waals surface area (Å²) in [6, 6.07) is 22.3. The Labute approximate surface area is 187 Å². The summed E-state index contributed by atoms with van der Waals surface area (Å²) < 4.78 is 1.52. The van der Waals surface area contributed by atoms with E-state index in [9.17, 15) is 4.79 Å². The summed E-state index contributed by atoms with van der Waals surface area (Å²) >= 11 is 7.75. The summed E-state index contributed by atoms with van der Waals surface area (Å²) in [6.07, 6.45) is 1.71. The van der Waals surface area contributed by atoms with E-state index in [0.717, 1.165) is 16.6 Å². The summed E-state index contributed by atoms with van der Waals surface area (Å²) in [7, 11) is 0. The number of benzene rings is 2. The Balaban J connectivity index is 1.48. The first-order valence-electron chi connectivity index (χ1n) is 9.56. The highest BCUT2D eigenvalue weighted by atomic mass is 35.5. The van der Waals surface area contributed by atoms with Gasteiger partial charge in [0.15, 0.2) is 5.16 Å². The largest absolute Gasteiger partial charge is 0.338 e. The van der Waals surface area contributed by atoms with Crippen molar-refractivity contribution < 1.29 is 0 Å². The van der Waals surface area contributed by atoms with Crippen LogP contribution in [0.1, 0.15) is 5.69 Å². The number of fused-ring (bicyclic) bond motifs is 2. The minimum atomic E-state index is -0.110. The maximum atomic E-state index is 12.3. The smallest absolute Gasteiger partial charge is 0.258 e. The Morgan fingerprint density at radius 1 is 0.935 bits per heavy atom. The monoisotopic (exact) mass is 445 g/mol. The fourth-order valence-corrected chi connectivity index (χ4v) is 4.15. The average molecular weight is 446 g/mol. The summed E-state index contributed by atoms with van der Waals surface area (Å²) in [5, 5.41) is 5.42. The molecule has 0 saturated carbocycles. The molecule has 3 aromatic heterocycles. The van der Waals surface area contributed by atoms with E-state index in [4.69, 9.17) is 16.6 Å². The van der Waals surface area contributed by atoms with Gasteiger partial charge in [-0.3, -0.25) is 9.20 Å². The molecule has 0 radical (unpaired) electrons. The molecule has 0 aliphatic heterocycles. The lowest BCUT2D eigenvalue weighted by Gasteiger charge is -2.12. The number of thioether (sulfide) groups is 1. The number of halogens is 1. The Bertz CT molecular complexity index is 1470. The zero-order valence-electron chi connectivity index (χ0n) is 16.2. The van der Waals surface area contributed by atoms with Crippen LogP contribution < -0.4 is 10.9 Å². The molecule has 0 spiro atoms. The molecular formula is C23H16ClN5OS. The number of nitrogens with zero attached hydrogens (tertiary/aromatic N) is 4. The van der Waals surface area contributed by atoms with Crippen LogP contribution in [0.15, 0.2) is 88.9 Å². The zero-order chi connectivity index (χ0) is 21.2. The molecule has 5 rings (SSSR count). The average Bonchev–Trinajstić information content (AvgIpc) is 2.79. The van der Waals surface area contributed by atoms with Gasteiger partial charge in [-0.2, -0.15) is 0 Å². The summed E-state index contributed by atoms with van der Waals surface area (Å²) in [5.74, 6) is 1.15. The third kappa shape index (κ3) is 4.10. The van der Waals surface area contributed by atoms with Crippen LogP contribution in [0.25, 0.3) is 16.6 Å². The van der Waals surface area contributed by atoms with E-state index >= 15 is 0 Å². The molecule has 6 nitrogen and oxygen atoms in total. The van der Waals surface area contributed by atoms with Crippen LogP contribution in [0.2, 0.25) is 5.02 Å². The molecule has 0 fully saturated rings. The van der Waals surface area contributed by atoms with Gasteiger partial charge in [-0.05, 0) is 36.4 Å². The molecule has 0 amide bonds. The van der Waals surface area contributed by atoms with Crippen molar-refractivity contribution in [3.05, 3.63) is 100 Å². The summed E-state index contributed by atoms with van der Waals surface area (Å²) in [5.41, 5.74) is 2.78. The normalized spacial score (nSPS) is 11.1. The van der Waals surface area contributed by atoms with E-state index in [0.29, 0.717) is 33.1 Å². The minimum absolute atomic E-state index is 0.110. The lowest BCUT2D eigenvalue weighted by Crippen LogP contribution is -2.14. The van der Waals surface area contributed by atoms with Crippen LogP contribution in [0.4, 0.5) is 11.5 Å². The molecule has 0 aliphatic rings. The maximum Gasteiger partial charge on any atom is 0.258 e. The number of aromatic nitrogens is 4. The van der Waals surface area contributed by atoms with Gasteiger partial charge in [0, 0.05) is 23.4 Å². The Kier molecular flexibility index (Phi) is 5.28. The van der Waals surface area contributed by atoms with Crippen molar-refractivity contribution in [3.8, 4) is 0 Å². The van der Waals surface area contributed by atoms with Crippen LogP contribution in [-0.2, 0) is 5.75 Å². The van der Waals surface area contributed by atoms with Gasteiger partial charge in [-0.25, -0.2) is 15.0 Å². The number of rotatable bonds is 5. The number of anilines is 2. The molecule has 0 unspecified atom stereocenters. The number of hydrogen-bond donors (Lipinski definition) is 1. The molecular weight excluding hydrogens is 430 g/mol. The summed E-state index contributed by atoms with van der Waals surface area (Å²) in [4.78, 5) is 26.3. The quantitative estimate of drug-likeness (QED) is 0.291. The van der Waals surface area contributed by atoms with Gasteiger partial charge in [0.05, 0.1) is 21.9 Å². The number of para-hydroxylation sites is 2. The Morgan fingerprint density at radius 2 is 1.74 bits per heavy atom. The van der Waals surface area contributed by atoms with E-state index in [2.05, 4.69) is 15.3 Å². The molecule has 0 aliphatic carbocycles. The molecule has 8 heteroatoms. The highest BCUT2D eigenvalue weighted by Crippen LogP contribution is 2.30. The van der Waals surface area contributed by atoms with Gasteiger partial charge < -0.3 is 5.32 Å². The van der Waals surface area contributed by atoms with Crippen molar-refractivity contribution in [3.63, 3.8) is 0 Å². The van der Waals surface area contributed by atoms with Crippen LogP contribution in [-0.4, -0.2) is 19.4 Å². The second-order valence-electron chi connectivity index (χ2n) is 6.78. The summed E-state index contributed by atoms with van der Waals surface area (Å²) in [6.45, 7) is 0. The van der Waals surface area contributed by atoms with Crippen LogP contribution in [0.3, 0.4) is 0 Å². The van der Waals surface area contributed by atoms with Gasteiger partial charge in [0.1, 0.15) is 11.5 Å². The lowest BCUT2D eigenvalue weighted by molar-refractivity contribution is 0.991. The number of pyridine rings is 1. The van der Waals surface area contributed by atoms with E-state index in [1.165, 1.54) is 16.2 Å². The predicted molar refractivity (Wildman–Crippen MR) is 125 cm³/mol. The predicted octanol–water partition coefficient (Wildman–Crippen LogP) is 5.33. The molecule has 31 heavy (non-hydrogen) atoms. The van der Waals surface area contributed by atoms with Crippen LogP contribution in [0, 0.1) is 0 Å². The minimum Gasteiger partial charge on any atom is -0.338 e. The molecule has 0 atom stereocenters. The Hall–Kier alpha value is -3.42. The van der Waals surface area contributed by atoms with Crippen molar-refractivity contribution in [2.75, 3.05) is 5.32 Å². The van der Waals surface area contributed by atoms with Crippen molar-refractivity contribution in [2.24, 2.45) is 0 Å². The second-order valence-corrected chi connectivity index (χ2v) is 8.13. The van der Waals surface area contributed by atoms with E-state index < -0.39 is 0 Å².